The van der Waals surface area contributed by atoms with Crippen LogP contribution in [0.1, 0.15) is 36.7 Å². The molecule has 0 aliphatic carbocycles. The predicted octanol–water partition coefficient (Wildman–Crippen LogP) is 6.03. The number of amides is 1. The van der Waals surface area contributed by atoms with Crippen LogP contribution in [0.2, 0.25) is 0 Å². The van der Waals surface area contributed by atoms with Gasteiger partial charge < -0.3 is 4.90 Å². The molecule has 0 aliphatic rings. The van der Waals surface area contributed by atoms with Crippen LogP contribution in [0.15, 0.2) is 46.9 Å². The van der Waals surface area contributed by atoms with Gasteiger partial charge in [-0.2, -0.15) is 0 Å². The molecule has 156 valence electrons. The fourth-order valence-corrected chi connectivity index (χ4v) is 4.42. The second-order valence-corrected chi connectivity index (χ2v) is 8.57. The summed E-state index contributed by atoms with van der Waals surface area (Å²) in [6.07, 6.45) is 0.993. The SMILES string of the molecule is CCc1ccc2nc(N(CCN(CC)CC)C(=O)c3ccc(Br)cc3)sc2c1.Cl. The quantitative estimate of drug-likeness (QED) is 0.382. The minimum Gasteiger partial charge on any atom is -0.302 e. The van der Waals surface area contributed by atoms with Crippen molar-refractivity contribution in [3.8, 4) is 0 Å². The van der Waals surface area contributed by atoms with Crippen molar-refractivity contribution in [3.63, 3.8) is 0 Å². The molecular formula is C22H27BrClN3OS. The highest BCUT2D eigenvalue weighted by Crippen LogP contribution is 2.30. The van der Waals surface area contributed by atoms with Crippen LogP contribution in [0.4, 0.5) is 5.13 Å². The van der Waals surface area contributed by atoms with E-state index in [4.69, 9.17) is 4.98 Å². The normalized spacial score (nSPS) is 10.9. The smallest absolute Gasteiger partial charge is 0.260 e. The second kappa shape index (κ2) is 11.1. The Bertz CT molecular complexity index is 941. The number of aromatic nitrogens is 1. The van der Waals surface area contributed by atoms with Crippen molar-refractivity contribution < 1.29 is 4.79 Å². The molecule has 0 saturated heterocycles. The Kier molecular flexibility index (Phi) is 9.08. The Hall–Kier alpha value is -1.47. The van der Waals surface area contributed by atoms with Gasteiger partial charge in [-0.1, -0.05) is 54.1 Å². The second-order valence-electron chi connectivity index (χ2n) is 6.64. The number of halogens is 2. The third kappa shape index (κ3) is 5.79. The van der Waals surface area contributed by atoms with Crippen molar-refractivity contribution in [1.29, 1.82) is 0 Å². The van der Waals surface area contributed by atoms with Crippen LogP contribution in [-0.2, 0) is 6.42 Å². The number of anilines is 1. The number of likely N-dealkylation sites (N-methyl/N-ethyl adjacent to an activating group) is 1. The molecule has 1 aromatic heterocycles. The molecule has 0 unspecified atom stereocenters. The maximum atomic E-state index is 13.3. The van der Waals surface area contributed by atoms with Crippen LogP contribution in [0.3, 0.4) is 0 Å². The van der Waals surface area contributed by atoms with Crippen LogP contribution < -0.4 is 4.90 Å². The lowest BCUT2D eigenvalue weighted by atomic mass is 10.2. The van der Waals surface area contributed by atoms with E-state index in [1.165, 1.54) is 5.56 Å². The van der Waals surface area contributed by atoms with Gasteiger partial charge in [0.15, 0.2) is 5.13 Å². The van der Waals surface area contributed by atoms with Gasteiger partial charge >= 0.3 is 0 Å². The van der Waals surface area contributed by atoms with Gasteiger partial charge in [0.25, 0.3) is 5.91 Å². The third-order valence-corrected chi connectivity index (χ3v) is 6.52. The van der Waals surface area contributed by atoms with Gasteiger partial charge in [0.1, 0.15) is 0 Å². The molecule has 3 rings (SSSR count). The van der Waals surface area contributed by atoms with Gasteiger partial charge in [0.05, 0.1) is 10.2 Å². The van der Waals surface area contributed by atoms with Gasteiger partial charge in [0.2, 0.25) is 0 Å². The number of hydrogen-bond acceptors (Lipinski definition) is 4. The first kappa shape index (κ1) is 23.8. The van der Waals surface area contributed by atoms with E-state index >= 15 is 0 Å². The number of aryl methyl sites for hydroxylation is 1. The average Bonchev–Trinajstić information content (AvgIpc) is 3.14. The zero-order valence-corrected chi connectivity index (χ0v) is 20.2. The lowest BCUT2D eigenvalue weighted by molar-refractivity contribution is 0.0984. The first-order chi connectivity index (χ1) is 13.5. The maximum Gasteiger partial charge on any atom is 0.260 e. The molecule has 7 heteroatoms. The molecular weight excluding hydrogens is 470 g/mol. The van der Waals surface area contributed by atoms with E-state index in [1.54, 1.807) is 11.3 Å². The summed E-state index contributed by atoms with van der Waals surface area (Å²) >= 11 is 5.03. The Labute approximate surface area is 191 Å². The first-order valence-electron chi connectivity index (χ1n) is 9.74. The number of hydrogen-bond donors (Lipinski definition) is 0. The van der Waals surface area contributed by atoms with Gasteiger partial charge in [-0.25, -0.2) is 4.98 Å². The monoisotopic (exact) mass is 495 g/mol. The summed E-state index contributed by atoms with van der Waals surface area (Å²) in [5.41, 5.74) is 2.92. The third-order valence-electron chi connectivity index (χ3n) is 4.95. The molecule has 1 heterocycles. The number of nitrogens with zero attached hydrogens (tertiary/aromatic N) is 3. The van der Waals surface area contributed by atoms with Gasteiger partial charge in [-0.3, -0.25) is 9.69 Å². The number of benzene rings is 2. The van der Waals surface area contributed by atoms with Crippen molar-refractivity contribution in [2.45, 2.75) is 27.2 Å². The molecule has 0 aliphatic heterocycles. The molecule has 3 aromatic rings. The number of carbonyl (C=O) groups excluding carboxylic acids is 1. The lowest BCUT2D eigenvalue weighted by Crippen LogP contribution is -2.38. The van der Waals surface area contributed by atoms with E-state index in [2.05, 4.69) is 59.8 Å². The van der Waals surface area contributed by atoms with Crippen LogP contribution in [0.25, 0.3) is 10.2 Å². The zero-order valence-electron chi connectivity index (χ0n) is 17.0. The highest BCUT2D eigenvalue weighted by Gasteiger charge is 2.22. The molecule has 0 saturated carbocycles. The molecule has 0 fully saturated rings. The molecule has 0 bridgehead atoms. The van der Waals surface area contributed by atoms with Crippen LogP contribution in [0.5, 0.6) is 0 Å². The standard InChI is InChI=1S/C22H26BrN3OS.ClH/c1-4-16-7-12-19-20(15-16)28-22(24-19)26(14-13-25(5-2)6-3)21(27)17-8-10-18(23)11-9-17;/h7-12,15H,4-6,13-14H2,1-3H3;1H. The summed E-state index contributed by atoms with van der Waals surface area (Å²) in [4.78, 5) is 22.2. The summed E-state index contributed by atoms with van der Waals surface area (Å²) in [6, 6.07) is 13.9. The summed E-state index contributed by atoms with van der Waals surface area (Å²) in [7, 11) is 0. The summed E-state index contributed by atoms with van der Waals surface area (Å²) in [5.74, 6) is -0.00516. The number of rotatable bonds is 8. The zero-order chi connectivity index (χ0) is 20.1. The molecule has 0 spiro atoms. The minimum absolute atomic E-state index is 0. The maximum absolute atomic E-state index is 13.3. The number of thiazole rings is 1. The predicted molar refractivity (Wildman–Crippen MR) is 130 cm³/mol. The van der Waals surface area contributed by atoms with Crippen molar-refractivity contribution in [2.75, 3.05) is 31.1 Å². The lowest BCUT2D eigenvalue weighted by Gasteiger charge is -2.24. The van der Waals surface area contributed by atoms with E-state index in [-0.39, 0.29) is 18.3 Å². The highest BCUT2D eigenvalue weighted by molar-refractivity contribution is 9.10. The van der Waals surface area contributed by atoms with Gasteiger partial charge in [-0.15, -0.1) is 12.4 Å². The Morgan fingerprint density at radius 2 is 1.72 bits per heavy atom. The van der Waals surface area contributed by atoms with E-state index in [0.717, 1.165) is 45.9 Å². The van der Waals surface area contributed by atoms with Crippen molar-refractivity contribution in [2.24, 2.45) is 0 Å². The highest BCUT2D eigenvalue weighted by atomic mass is 79.9. The Balaban J connectivity index is 0.00000300. The number of fused-ring (bicyclic) bond motifs is 1. The van der Waals surface area contributed by atoms with Crippen molar-refractivity contribution >= 4 is 60.9 Å². The fraction of sp³-hybridized carbons (Fsp3) is 0.364. The molecule has 0 N–H and O–H groups in total. The summed E-state index contributed by atoms with van der Waals surface area (Å²) in [5, 5.41) is 0.767. The van der Waals surface area contributed by atoms with Crippen LogP contribution in [0, 0.1) is 0 Å². The van der Waals surface area contributed by atoms with Crippen molar-refractivity contribution in [3.05, 3.63) is 58.1 Å². The number of carbonyl (C=O) groups is 1. The minimum atomic E-state index is -0.00516. The molecule has 29 heavy (non-hydrogen) atoms. The topological polar surface area (TPSA) is 36.4 Å². The molecule has 2 aromatic carbocycles. The average molecular weight is 497 g/mol. The van der Waals surface area contributed by atoms with Crippen LogP contribution in [-0.4, -0.2) is 42.0 Å². The van der Waals surface area contributed by atoms with E-state index < -0.39 is 0 Å². The molecule has 1 amide bonds. The summed E-state index contributed by atoms with van der Waals surface area (Å²) in [6.45, 7) is 9.83. The van der Waals surface area contributed by atoms with Crippen molar-refractivity contribution in [1.82, 2.24) is 9.88 Å². The largest absolute Gasteiger partial charge is 0.302 e. The Morgan fingerprint density at radius 3 is 2.34 bits per heavy atom. The fourth-order valence-electron chi connectivity index (χ4n) is 3.11. The molecule has 0 atom stereocenters. The Morgan fingerprint density at radius 1 is 1.03 bits per heavy atom. The molecule has 4 nitrogen and oxygen atoms in total. The van der Waals surface area contributed by atoms with Gasteiger partial charge in [0, 0.05) is 23.1 Å². The van der Waals surface area contributed by atoms with E-state index in [9.17, 15) is 4.79 Å². The van der Waals surface area contributed by atoms with E-state index in [0.29, 0.717) is 12.1 Å². The first-order valence-corrected chi connectivity index (χ1v) is 11.4. The van der Waals surface area contributed by atoms with Crippen LogP contribution >= 0.6 is 39.7 Å². The van der Waals surface area contributed by atoms with E-state index in [1.807, 2.05) is 29.2 Å². The summed E-state index contributed by atoms with van der Waals surface area (Å²) < 4.78 is 2.09. The van der Waals surface area contributed by atoms with Gasteiger partial charge in [-0.05, 0) is 61.5 Å². The molecule has 0 radical (unpaired) electrons.